The Bertz CT molecular complexity index is 463. The molecule has 0 unspecified atom stereocenters. The van der Waals surface area contributed by atoms with Crippen LogP contribution in [-0.4, -0.2) is 53.7 Å². The van der Waals surface area contributed by atoms with Crippen molar-refractivity contribution >= 4 is 11.8 Å². The summed E-state index contributed by atoms with van der Waals surface area (Å²) < 4.78 is 10.7. The number of ether oxygens (including phenoxy) is 2. The second-order valence-electron chi connectivity index (χ2n) is 6.13. The smallest absolute Gasteiger partial charge is 0.226 e. The maximum Gasteiger partial charge on any atom is 0.226 e. The van der Waals surface area contributed by atoms with E-state index in [1.165, 1.54) is 7.11 Å². The molecule has 7 heteroatoms. The molecule has 0 bridgehead atoms. The maximum atomic E-state index is 11.4. The second kappa shape index (κ2) is 6.45. The first kappa shape index (κ1) is 17.1. The standard InChI is InChI=1S/C15H23NO6/c1-8-7-22-15(20,9(8)2)14(21-3)11(17)4-10-5-12(18)16-13(19)6-10/h9-11,14,17,20H,1,4-7H2,2-3H3,(H,16,18,19)/t9-,11+,14+,15-/m0/s1. The Morgan fingerprint density at radius 1 is 1.45 bits per heavy atom. The van der Waals surface area contributed by atoms with E-state index in [4.69, 9.17) is 9.47 Å². The molecule has 124 valence electrons. The Morgan fingerprint density at radius 3 is 2.50 bits per heavy atom. The SMILES string of the molecule is C=C1CO[C@](O)([C@H](OC)[C@H](O)CC2CC(=O)NC(=O)C2)[C@H]1C. The summed E-state index contributed by atoms with van der Waals surface area (Å²) in [5, 5.41) is 23.3. The molecule has 2 heterocycles. The van der Waals surface area contributed by atoms with Crippen LogP contribution in [-0.2, 0) is 19.1 Å². The highest BCUT2D eigenvalue weighted by Gasteiger charge is 2.52. The number of piperidine rings is 1. The number of hydrogen-bond donors (Lipinski definition) is 3. The van der Waals surface area contributed by atoms with Crippen LogP contribution in [0.1, 0.15) is 26.2 Å². The van der Waals surface area contributed by atoms with Gasteiger partial charge >= 0.3 is 0 Å². The Kier molecular flexibility index (Phi) is 5.01. The summed E-state index contributed by atoms with van der Waals surface area (Å²) in [7, 11) is 1.38. The van der Waals surface area contributed by atoms with Gasteiger partial charge in [0.05, 0.1) is 12.7 Å². The average molecular weight is 313 g/mol. The van der Waals surface area contributed by atoms with Crippen molar-refractivity contribution in [2.45, 2.75) is 44.2 Å². The summed E-state index contributed by atoms with van der Waals surface area (Å²) in [6.07, 6.45) is -1.54. The summed E-state index contributed by atoms with van der Waals surface area (Å²) in [6, 6.07) is 0. The van der Waals surface area contributed by atoms with Gasteiger partial charge in [0.25, 0.3) is 0 Å². The highest BCUT2D eigenvalue weighted by Crippen LogP contribution is 2.39. The molecule has 0 aromatic heterocycles. The van der Waals surface area contributed by atoms with E-state index >= 15 is 0 Å². The molecule has 0 aliphatic carbocycles. The van der Waals surface area contributed by atoms with Gasteiger partial charge in [-0.05, 0) is 17.9 Å². The molecule has 0 radical (unpaired) electrons. The predicted molar refractivity (Wildman–Crippen MR) is 76.5 cm³/mol. The van der Waals surface area contributed by atoms with Gasteiger partial charge < -0.3 is 19.7 Å². The summed E-state index contributed by atoms with van der Waals surface area (Å²) >= 11 is 0. The molecule has 22 heavy (non-hydrogen) atoms. The Morgan fingerprint density at radius 2 is 2.05 bits per heavy atom. The first-order valence-electron chi connectivity index (χ1n) is 7.35. The van der Waals surface area contributed by atoms with Crippen molar-refractivity contribution in [2.75, 3.05) is 13.7 Å². The van der Waals surface area contributed by atoms with E-state index in [0.29, 0.717) is 0 Å². The Balaban J connectivity index is 2.06. The van der Waals surface area contributed by atoms with Crippen LogP contribution in [0.4, 0.5) is 0 Å². The van der Waals surface area contributed by atoms with E-state index in [9.17, 15) is 19.8 Å². The number of carbonyl (C=O) groups excluding carboxylic acids is 2. The summed E-state index contributed by atoms with van der Waals surface area (Å²) in [4.78, 5) is 22.8. The van der Waals surface area contributed by atoms with Crippen LogP contribution in [0, 0.1) is 11.8 Å². The number of methoxy groups -OCH3 is 1. The highest BCUT2D eigenvalue weighted by molar-refractivity contribution is 5.97. The van der Waals surface area contributed by atoms with Gasteiger partial charge in [-0.25, -0.2) is 0 Å². The molecular formula is C15H23NO6. The number of carbonyl (C=O) groups is 2. The third-order valence-electron chi connectivity index (χ3n) is 4.53. The fourth-order valence-electron chi connectivity index (χ4n) is 3.17. The van der Waals surface area contributed by atoms with Crippen LogP contribution < -0.4 is 5.32 Å². The lowest BCUT2D eigenvalue weighted by Crippen LogP contribution is -2.54. The quantitative estimate of drug-likeness (QED) is 0.476. The minimum absolute atomic E-state index is 0.167. The largest absolute Gasteiger partial charge is 0.390 e. The fourth-order valence-corrected chi connectivity index (χ4v) is 3.17. The van der Waals surface area contributed by atoms with E-state index in [1.807, 2.05) is 0 Å². The molecule has 0 spiro atoms. The lowest BCUT2D eigenvalue weighted by molar-refractivity contribution is -0.275. The van der Waals surface area contributed by atoms with Crippen LogP contribution in [0.5, 0.6) is 0 Å². The van der Waals surface area contributed by atoms with E-state index in [2.05, 4.69) is 11.9 Å². The first-order chi connectivity index (χ1) is 10.3. The normalized spacial score (nSPS) is 32.9. The van der Waals surface area contributed by atoms with Gasteiger partial charge in [-0.15, -0.1) is 0 Å². The van der Waals surface area contributed by atoms with Gasteiger partial charge in [0.1, 0.15) is 6.10 Å². The van der Waals surface area contributed by atoms with E-state index in [-0.39, 0.29) is 49.5 Å². The molecule has 2 rings (SSSR count). The van der Waals surface area contributed by atoms with Crippen molar-refractivity contribution in [3.8, 4) is 0 Å². The fraction of sp³-hybridized carbons (Fsp3) is 0.733. The summed E-state index contributed by atoms with van der Waals surface area (Å²) in [5.74, 6) is -3.02. The van der Waals surface area contributed by atoms with Crippen LogP contribution in [0.15, 0.2) is 12.2 Å². The van der Waals surface area contributed by atoms with E-state index in [0.717, 1.165) is 5.57 Å². The number of aliphatic hydroxyl groups is 2. The molecule has 2 fully saturated rings. The minimum atomic E-state index is -1.66. The lowest BCUT2D eigenvalue weighted by Gasteiger charge is -2.37. The zero-order valence-electron chi connectivity index (χ0n) is 12.9. The van der Waals surface area contributed by atoms with Crippen LogP contribution in [0.2, 0.25) is 0 Å². The number of imide groups is 1. The molecule has 0 aromatic carbocycles. The van der Waals surface area contributed by atoms with E-state index < -0.39 is 18.0 Å². The molecule has 7 nitrogen and oxygen atoms in total. The van der Waals surface area contributed by atoms with Crippen molar-refractivity contribution in [1.29, 1.82) is 0 Å². The topological polar surface area (TPSA) is 105 Å². The van der Waals surface area contributed by atoms with E-state index in [1.54, 1.807) is 6.92 Å². The minimum Gasteiger partial charge on any atom is -0.390 e. The van der Waals surface area contributed by atoms with Crippen LogP contribution in [0.25, 0.3) is 0 Å². The summed E-state index contributed by atoms with van der Waals surface area (Å²) in [5.41, 5.74) is 0.726. The molecule has 2 saturated heterocycles. The molecule has 2 aliphatic rings. The molecule has 2 amide bonds. The number of hydrogen-bond acceptors (Lipinski definition) is 6. The van der Waals surface area contributed by atoms with Crippen molar-refractivity contribution < 1.29 is 29.3 Å². The van der Waals surface area contributed by atoms with Gasteiger partial charge in [-0.3, -0.25) is 14.9 Å². The zero-order chi connectivity index (χ0) is 16.5. The summed E-state index contributed by atoms with van der Waals surface area (Å²) in [6.45, 7) is 5.78. The Hall–Kier alpha value is -1.28. The van der Waals surface area contributed by atoms with Crippen LogP contribution >= 0.6 is 0 Å². The molecular weight excluding hydrogens is 290 g/mol. The monoisotopic (exact) mass is 313 g/mol. The van der Waals surface area contributed by atoms with Gasteiger partial charge in [0.15, 0.2) is 0 Å². The molecule has 2 aliphatic heterocycles. The third kappa shape index (κ3) is 3.22. The molecule has 0 saturated carbocycles. The number of amides is 2. The number of rotatable bonds is 5. The highest BCUT2D eigenvalue weighted by atomic mass is 16.7. The van der Waals surface area contributed by atoms with Crippen molar-refractivity contribution in [3.05, 3.63) is 12.2 Å². The molecule has 0 aromatic rings. The number of nitrogens with one attached hydrogen (secondary N) is 1. The molecule has 3 N–H and O–H groups in total. The average Bonchev–Trinajstić information content (AvgIpc) is 2.67. The van der Waals surface area contributed by atoms with Crippen LogP contribution in [0.3, 0.4) is 0 Å². The lowest BCUT2D eigenvalue weighted by atomic mass is 9.84. The number of aliphatic hydroxyl groups excluding tert-OH is 1. The van der Waals surface area contributed by atoms with Crippen molar-refractivity contribution in [1.82, 2.24) is 5.32 Å². The molecule has 4 atom stereocenters. The van der Waals surface area contributed by atoms with Gasteiger partial charge in [0, 0.05) is 25.9 Å². The first-order valence-corrected chi connectivity index (χ1v) is 7.35. The van der Waals surface area contributed by atoms with Gasteiger partial charge in [-0.2, -0.15) is 0 Å². The van der Waals surface area contributed by atoms with Gasteiger partial charge in [-0.1, -0.05) is 13.5 Å². The van der Waals surface area contributed by atoms with Gasteiger partial charge in [0.2, 0.25) is 17.6 Å². The maximum absolute atomic E-state index is 11.4. The zero-order valence-corrected chi connectivity index (χ0v) is 12.9. The Labute approximate surface area is 129 Å². The predicted octanol–water partition coefficient (Wildman–Crippen LogP) is -0.284. The van der Waals surface area contributed by atoms with Crippen molar-refractivity contribution in [3.63, 3.8) is 0 Å². The van der Waals surface area contributed by atoms with Crippen molar-refractivity contribution in [2.24, 2.45) is 11.8 Å². The second-order valence-corrected chi connectivity index (χ2v) is 6.13. The third-order valence-corrected chi connectivity index (χ3v) is 4.53.